The summed E-state index contributed by atoms with van der Waals surface area (Å²) in [7, 11) is 0. The zero-order valence-electron chi connectivity index (χ0n) is 7.46. The largest absolute Gasteiger partial charge is 0.0625 e. The SMILES string of the molecule is C[CH][C@H](C)[CH][CH][CH]C(C)C. The lowest BCUT2D eigenvalue weighted by atomic mass is 9.98. The van der Waals surface area contributed by atoms with Crippen LogP contribution < -0.4 is 0 Å². The van der Waals surface area contributed by atoms with Crippen LogP contribution in [0.25, 0.3) is 0 Å². The predicted molar refractivity (Wildman–Crippen MR) is 46.9 cm³/mol. The molecule has 0 aromatic rings. The fraction of sp³-hybridized carbons (Fsp3) is 0.600. The molecule has 0 saturated carbocycles. The van der Waals surface area contributed by atoms with Crippen molar-refractivity contribution in [1.29, 1.82) is 0 Å². The molecule has 0 rings (SSSR count). The summed E-state index contributed by atoms with van der Waals surface area (Å²) in [5.74, 6) is 1.27. The van der Waals surface area contributed by atoms with Crippen molar-refractivity contribution in [2.24, 2.45) is 11.8 Å². The smallest absolute Gasteiger partial charge is 0.0313 e. The van der Waals surface area contributed by atoms with Crippen molar-refractivity contribution < 1.29 is 0 Å². The van der Waals surface area contributed by atoms with Gasteiger partial charge in [0.2, 0.25) is 0 Å². The van der Waals surface area contributed by atoms with E-state index in [1.807, 2.05) is 0 Å². The maximum absolute atomic E-state index is 2.21. The molecule has 0 saturated heterocycles. The van der Waals surface area contributed by atoms with Crippen LogP contribution in [0.15, 0.2) is 0 Å². The number of rotatable bonds is 5. The van der Waals surface area contributed by atoms with Crippen molar-refractivity contribution in [2.75, 3.05) is 0 Å². The average molecular weight is 138 g/mol. The molecule has 0 heteroatoms. The van der Waals surface area contributed by atoms with Crippen molar-refractivity contribution in [1.82, 2.24) is 0 Å². The van der Waals surface area contributed by atoms with Gasteiger partial charge in [0, 0.05) is 0 Å². The average Bonchev–Trinajstić information content (AvgIpc) is 1.87. The van der Waals surface area contributed by atoms with Gasteiger partial charge in [0.05, 0.1) is 0 Å². The van der Waals surface area contributed by atoms with E-state index in [4.69, 9.17) is 0 Å². The monoisotopic (exact) mass is 138 g/mol. The van der Waals surface area contributed by atoms with Crippen LogP contribution in [0.1, 0.15) is 27.7 Å². The van der Waals surface area contributed by atoms with Crippen LogP contribution in [0.2, 0.25) is 0 Å². The summed E-state index contributed by atoms with van der Waals surface area (Å²) in [5.41, 5.74) is 0. The van der Waals surface area contributed by atoms with Crippen molar-refractivity contribution >= 4 is 0 Å². The first-order valence-electron chi connectivity index (χ1n) is 3.98. The highest BCUT2D eigenvalue weighted by atomic mass is 14.0. The third-order valence-electron chi connectivity index (χ3n) is 1.44. The van der Waals surface area contributed by atoms with Crippen LogP contribution in [0.4, 0.5) is 0 Å². The summed E-state index contributed by atoms with van der Waals surface area (Å²) >= 11 is 0. The molecular formula is C10H18. The molecule has 10 heavy (non-hydrogen) atoms. The molecule has 0 aliphatic rings. The molecule has 0 nitrogen and oxygen atoms in total. The van der Waals surface area contributed by atoms with E-state index in [0.29, 0.717) is 11.8 Å². The van der Waals surface area contributed by atoms with Gasteiger partial charge in [-0.1, -0.05) is 27.7 Å². The zero-order chi connectivity index (χ0) is 7.98. The highest BCUT2D eigenvalue weighted by molar-refractivity contribution is 5.01. The molecule has 1 atom stereocenters. The second-order valence-electron chi connectivity index (χ2n) is 3.01. The molecule has 0 spiro atoms. The minimum Gasteiger partial charge on any atom is -0.0625 e. The maximum Gasteiger partial charge on any atom is -0.0313 e. The van der Waals surface area contributed by atoms with Crippen molar-refractivity contribution in [3.05, 3.63) is 25.7 Å². The lowest BCUT2D eigenvalue weighted by Crippen LogP contribution is -1.97. The lowest BCUT2D eigenvalue weighted by molar-refractivity contribution is 0.738. The van der Waals surface area contributed by atoms with E-state index < -0.39 is 0 Å². The molecule has 0 heterocycles. The predicted octanol–water partition coefficient (Wildman–Crippen LogP) is 3.12. The first-order chi connectivity index (χ1) is 4.66. The minimum absolute atomic E-state index is 0.606. The Morgan fingerprint density at radius 1 is 1.00 bits per heavy atom. The van der Waals surface area contributed by atoms with E-state index in [1.165, 1.54) is 0 Å². The van der Waals surface area contributed by atoms with Gasteiger partial charge in [0.25, 0.3) is 0 Å². The summed E-state index contributed by atoms with van der Waals surface area (Å²) < 4.78 is 0. The minimum atomic E-state index is 0.606. The fourth-order valence-corrected chi connectivity index (χ4v) is 0.573. The Labute approximate surface area is 66.0 Å². The van der Waals surface area contributed by atoms with Crippen molar-refractivity contribution in [2.45, 2.75) is 27.7 Å². The first kappa shape index (κ1) is 10.0. The van der Waals surface area contributed by atoms with E-state index >= 15 is 0 Å². The summed E-state index contributed by atoms with van der Waals surface area (Å²) in [6.45, 7) is 8.64. The van der Waals surface area contributed by atoms with Crippen LogP contribution in [-0.4, -0.2) is 0 Å². The molecular weight excluding hydrogens is 120 g/mol. The zero-order valence-corrected chi connectivity index (χ0v) is 7.46. The summed E-state index contributed by atoms with van der Waals surface area (Å²) in [6.07, 6.45) is 8.75. The van der Waals surface area contributed by atoms with Crippen LogP contribution in [-0.2, 0) is 0 Å². The molecule has 0 aliphatic carbocycles. The molecule has 0 aromatic heterocycles. The Hall–Kier alpha value is 0. The first-order valence-corrected chi connectivity index (χ1v) is 3.98. The van der Waals surface area contributed by atoms with Gasteiger partial charge in [0.1, 0.15) is 0 Å². The molecule has 0 aliphatic heterocycles. The van der Waals surface area contributed by atoms with E-state index in [0.717, 1.165) is 0 Å². The van der Waals surface area contributed by atoms with E-state index in [1.54, 1.807) is 0 Å². The van der Waals surface area contributed by atoms with Gasteiger partial charge in [-0.25, -0.2) is 0 Å². The van der Waals surface area contributed by atoms with E-state index in [-0.39, 0.29) is 0 Å². The summed E-state index contributed by atoms with van der Waals surface area (Å²) in [5, 5.41) is 0. The Morgan fingerprint density at radius 3 is 2.00 bits per heavy atom. The van der Waals surface area contributed by atoms with Gasteiger partial charge in [-0.15, -0.1) is 0 Å². The van der Waals surface area contributed by atoms with Gasteiger partial charge in [-0.2, -0.15) is 0 Å². The Kier molecular flexibility index (Phi) is 5.76. The molecule has 0 aromatic carbocycles. The molecule has 0 unspecified atom stereocenters. The highest BCUT2D eigenvalue weighted by Crippen LogP contribution is 2.10. The Balaban J connectivity index is 3.03. The topological polar surface area (TPSA) is 0 Å². The van der Waals surface area contributed by atoms with E-state index in [2.05, 4.69) is 53.4 Å². The third-order valence-corrected chi connectivity index (χ3v) is 1.44. The quantitative estimate of drug-likeness (QED) is 0.547. The molecule has 58 valence electrons. The van der Waals surface area contributed by atoms with E-state index in [9.17, 15) is 0 Å². The maximum atomic E-state index is 2.21. The highest BCUT2D eigenvalue weighted by Gasteiger charge is 2.00. The van der Waals surface area contributed by atoms with Gasteiger partial charge in [-0.3, -0.25) is 0 Å². The Morgan fingerprint density at radius 2 is 1.60 bits per heavy atom. The van der Waals surface area contributed by atoms with Gasteiger partial charge in [-0.05, 0) is 37.5 Å². The molecule has 0 bridgehead atoms. The molecule has 0 N–H and O–H groups in total. The van der Waals surface area contributed by atoms with Gasteiger partial charge in [0.15, 0.2) is 0 Å². The number of hydrogen-bond donors (Lipinski definition) is 0. The van der Waals surface area contributed by atoms with Gasteiger partial charge < -0.3 is 0 Å². The van der Waals surface area contributed by atoms with Crippen molar-refractivity contribution in [3.8, 4) is 0 Å². The molecule has 4 radical (unpaired) electrons. The van der Waals surface area contributed by atoms with Crippen LogP contribution in [0.3, 0.4) is 0 Å². The second kappa shape index (κ2) is 5.76. The lowest BCUT2D eigenvalue weighted by Gasteiger charge is -2.07. The molecule has 0 fully saturated rings. The Bertz CT molecular complexity index is 64.4. The van der Waals surface area contributed by atoms with Crippen LogP contribution >= 0.6 is 0 Å². The normalized spacial score (nSPS) is 14.1. The molecule has 0 amide bonds. The van der Waals surface area contributed by atoms with Crippen LogP contribution in [0.5, 0.6) is 0 Å². The summed E-state index contributed by atoms with van der Waals surface area (Å²) in [6, 6.07) is 0. The fourth-order valence-electron chi connectivity index (χ4n) is 0.573. The standard InChI is InChI=1S/C10H18/c1-5-10(4)8-6-7-9(2)3/h5-10H,1-4H3/t10-/m0/s1. The van der Waals surface area contributed by atoms with Gasteiger partial charge >= 0.3 is 0 Å². The van der Waals surface area contributed by atoms with Crippen LogP contribution in [0, 0.1) is 37.5 Å². The number of hydrogen-bond acceptors (Lipinski definition) is 0. The summed E-state index contributed by atoms with van der Waals surface area (Å²) in [4.78, 5) is 0. The van der Waals surface area contributed by atoms with Crippen molar-refractivity contribution in [3.63, 3.8) is 0 Å². The second-order valence-corrected chi connectivity index (χ2v) is 3.01. The third kappa shape index (κ3) is 6.12.